The largest absolute Gasteiger partial charge is 0.465 e. The summed E-state index contributed by atoms with van der Waals surface area (Å²) in [5.41, 5.74) is 0. The fourth-order valence-corrected chi connectivity index (χ4v) is 1.33. The molecule has 0 spiro atoms. The Bertz CT molecular complexity index is 226. The van der Waals surface area contributed by atoms with Crippen LogP contribution in [0, 0.1) is 5.92 Å². The second-order valence-corrected chi connectivity index (χ2v) is 3.56. The summed E-state index contributed by atoms with van der Waals surface area (Å²) in [5.74, 6) is -0.573. The standard InChI is InChI=1S/C9H14F3NO2/c1-2-15-8(14)7(6-3-4-6)13-5-9(10,11)12/h6-7,13H,2-5H2,1H3. The summed E-state index contributed by atoms with van der Waals surface area (Å²) in [4.78, 5) is 11.3. The highest BCUT2D eigenvalue weighted by atomic mass is 19.4. The molecule has 1 aliphatic rings. The highest BCUT2D eigenvalue weighted by molar-refractivity contribution is 5.76. The van der Waals surface area contributed by atoms with Crippen LogP contribution in [0.15, 0.2) is 0 Å². The van der Waals surface area contributed by atoms with Crippen LogP contribution in [-0.2, 0) is 9.53 Å². The van der Waals surface area contributed by atoms with E-state index in [2.05, 4.69) is 5.32 Å². The molecule has 0 heterocycles. The molecule has 1 unspecified atom stereocenters. The van der Waals surface area contributed by atoms with Gasteiger partial charge in [-0.15, -0.1) is 0 Å². The molecule has 1 fully saturated rings. The van der Waals surface area contributed by atoms with Crippen molar-refractivity contribution in [2.75, 3.05) is 13.2 Å². The smallest absolute Gasteiger partial charge is 0.401 e. The number of carbonyl (C=O) groups is 1. The third kappa shape index (κ3) is 4.51. The normalized spacial score (nSPS) is 18.7. The minimum absolute atomic E-state index is 0.00593. The number of rotatable bonds is 5. The molecule has 1 atom stereocenters. The van der Waals surface area contributed by atoms with Crippen LogP contribution in [-0.4, -0.2) is 31.3 Å². The zero-order chi connectivity index (χ0) is 11.5. The van der Waals surface area contributed by atoms with Gasteiger partial charge in [-0.1, -0.05) is 0 Å². The molecule has 15 heavy (non-hydrogen) atoms. The van der Waals surface area contributed by atoms with Gasteiger partial charge in [-0.05, 0) is 25.7 Å². The van der Waals surface area contributed by atoms with Gasteiger partial charge in [0, 0.05) is 0 Å². The van der Waals surface area contributed by atoms with E-state index in [9.17, 15) is 18.0 Å². The molecular weight excluding hydrogens is 211 g/mol. The Morgan fingerprint density at radius 3 is 2.53 bits per heavy atom. The first-order chi connectivity index (χ1) is 6.94. The Morgan fingerprint density at radius 1 is 1.53 bits per heavy atom. The SMILES string of the molecule is CCOC(=O)C(NCC(F)(F)F)C1CC1. The Morgan fingerprint density at radius 2 is 2.13 bits per heavy atom. The third-order valence-electron chi connectivity index (χ3n) is 2.16. The molecule has 1 rings (SSSR count). The van der Waals surface area contributed by atoms with Crippen LogP contribution < -0.4 is 5.32 Å². The van der Waals surface area contributed by atoms with Gasteiger partial charge >= 0.3 is 12.1 Å². The number of hydrogen-bond acceptors (Lipinski definition) is 3. The van der Waals surface area contributed by atoms with Crippen molar-refractivity contribution in [3.8, 4) is 0 Å². The van der Waals surface area contributed by atoms with Gasteiger partial charge in [-0.3, -0.25) is 10.1 Å². The van der Waals surface area contributed by atoms with Gasteiger partial charge in [-0.25, -0.2) is 0 Å². The van der Waals surface area contributed by atoms with E-state index in [1.165, 1.54) is 0 Å². The first-order valence-corrected chi connectivity index (χ1v) is 4.91. The van der Waals surface area contributed by atoms with Crippen LogP contribution in [0.4, 0.5) is 13.2 Å². The van der Waals surface area contributed by atoms with E-state index in [0.29, 0.717) is 0 Å². The first kappa shape index (κ1) is 12.3. The van der Waals surface area contributed by atoms with Crippen molar-refractivity contribution in [3.63, 3.8) is 0 Å². The number of ether oxygens (including phenoxy) is 1. The average molecular weight is 225 g/mol. The maximum absolute atomic E-state index is 11.9. The van der Waals surface area contributed by atoms with Crippen LogP contribution in [0.2, 0.25) is 0 Å². The molecule has 3 nitrogen and oxygen atoms in total. The van der Waals surface area contributed by atoms with Gasteiger partial charge in [0.1, 0.15) is 6.04 Å². The quantitative estimate of drug-likeness (QED) is 0.720. The summed E-state index contributed by atoms with van der Waals surface area (Å²) in [7, 11) is 0. The molecule has 0 aromatic carbocycles. The fraction of sp³-hybridized carbons (Fsp3) is 0.889. The zero-order valence-electron chi connectivity index (χ0n) is 8.43. The molecule has 0 aromatic rings. The minimum Gasteiger partial charge on any atom is -0.465 e. The second kappa shape index (κ2) is 4.83. The van der Waals surface area contributed by atoms with E-state index < -0.39 is 24.7 Å². The topological polar surface area (TPSA) is 38.3 Å². The van der Waals surface area contributed by atoms with Crippen LogP contribution in [0.1, 0.15) is 19.8 Å². The van der Waals surface area contributed by atoms with Crippen LogP contribution >= 0.6 is 0 Å². The minimum atomic E-state index is -4.29. The number of alkyl halides is 3. The van der Waals surface area contributed by atoms with Crippen LogP contribution in [0.5, 0.6) is 0 Å². The van der Waals surface area contributed by atoms with Gasteiger partial charge in [0.2, 0.25) is 0 Å². The Kier molecular flexibility index (Phi) is 3.96. The summed E-state index contributed by atoms with van der Waals surface area (Å²) in [6.45, 7) is 0.675. The number of nitrogens with one attached hydrogen (secondary N) is 1. The summed E-state index contributed by atoms with van der Waals surface area (Å²) < 4.78 is 40.5. The lowest BCUT2D eigenvalue weighted by Gasteiger charge is -2.17. The van der Waals surface area contributed by atoms with Crippen molar-refractivity contribution in [2.45, 2.75) is 32.0 Å². The van der Waals surface area contributed by atoms with Gasteiger partial charge in [-0.2, -0.15) is 13.2 Å². The van der Waals surface area contributed by atoms with Gasteiger partial charge in [0.15, 0.2) is 0 Å². The highest BCUT2D eigenvalue weighted by Gasteiger charge is 2.39. The molecule has 0 saturated heterocycles. The maximum atomic E-state index is 11.9. The highest BCUT2D eigenvalue weighted by Crippen LogP contribution is 2.33. The first-order valence-electron chi connectivity index (χ1n) is 4.91. The second-order valence-electron chi connectivity index (χ2n) is 3.56. The molecular formula is C9H14F3NO2. The lowest BCUT2D eigenvalue weighted by Crippen LogP contribution is -2.44. The van der Waals surface area contributed by atoms with Crippen molar-refractivity contribution < 1.29 is 22.7 Å². The summed E-state index contributed by atoms with van der Waals surface area (Å²) in [5, 5.41) is 2.21. The number of esters is 1. The van der Waals surface area contributed by atoms with Gasteiger partial charge < -0.3 is 4.74 Å². The summed E-state index contributed by atoms with van der Waals surface area (Å²) >= 11 is 0. The lowest BCUT2D eigenvalue weighted by molar-refractivity contribution is -0.149. The Balaban J connectivity index is 2.40. The molecule has 1 aliphatic carbocycles. The Labute approximate surface area is 86.0 Å². The van der Waals surface area contributed by atoms with E-state index in [1.54, 1.807) is 6.92 Å². The molecule has 0 aromatic heterocycles. The molecule has 1 saturated carbocycles. The molecule has 6 heteroatoms. The van der Waals surface area contributed by atoms with E-state index in [1.807, 2.05) is 0 Å². The van der Waals surface area contributed by atoms with Gasteiger partial charge in [0.05, 0.1) is 13.2 Å². The molecule has 0 aliphatic heterocycles. The zero-order valence-corrected chi connectivity index (χ0v) is 8.43. The molecule has 88 valence electrons. The van der Waals surface area contributed by atoms with Crippen molar-refractivity contribution in [2.24, 2.45) is 5.92 Å². The molecule has 1 N–H and O–H groups in total. The van der Waals surface area contributed by atoms with Crippen molar-refractivity contribution in [1.82, 2.24) is 5.32 Å². The van der Waals surface area contributed by atoms with Crippen LogP contribution in [0.25, 0.3) is 0 Å². The number of halogens is 3. The average Bonchev–Trinajstić information content (AvgIpc) is 2.86. The van der Waals surface area contributed by atoms with E-state index >= 15 is 0 Å². The molecule has 0 radical (unpaired) electrons. The van der Waals surface area contributed by atoms with E-state index in [4.69, 9.17) is 4.74 Å². The van der Waals surface area contributed by atoms with Crippen molar-refractivity contribution in [1.29, 1.82) is 0 Å². The van der Waals surface area contributed by atoms with Crippen molar-refractivity contribution >= 4 is 5.97 Å². The lowest BCUT2D eigenvalue weighted by atomic mass is 10.2. The molecule has 0 amide bonds. The van der Waals surface area contributed by atoms with Crippen molar-refractivity contribution in [3.05, 3.63) is 0 Å². The third-order valence-corrected chi connectivity index (χ3v) is 2.16. The predicted octanol–water partition coefficient (Wildman–Crippen LogP) is 1.48. The Hall–Kier alpha value is -0.780. The molecule has 0 bridgehead atoms. The predicted molar refractivity (Wildman–Crippen MR) is 47.2 cm³/mol. The number of carbonyl (C=O) groups excluding carboxylic acids is 1. The summed E-state index contributed by atoms with van der Waals surface area (Å²) in [6.07, 6.45) is -2.72. The summed E-state index contributed by atoms with van der Waals surface area (Å²) in [6, 6.07) is -0.799. The number of hydrogen-bond donors (Lipinski definition) is 1. The monoisotopic (exact) mass is 225 g/mol. The van der Waals surface area contributed by atoms with E-state index in [-0.39, 0.29) is 12.5 Å². The van der Waals surface area contributed by atoms with Crippen LogP contribution in [0.3, 0.4) is 0 Å². The fourth-order valence-electron chi connectivity index (χ4n) is 1.33. The maximum Gasteiger partial charge on any atom is 0.401 e. The van der Waals surface area contributed by atoms with E-state index in [0.717, 1.165) is 12.8 Å². The van der Waals surface area contributed by atoms with Gasteiger partial charge in [0.25, 0.3) is 0 Å².